The summed E-state index contributed by atoms with van der Waals surface area (Å²) in [6.07, 6.45) is 0. The monoisotopic (exact) mass is 214 g/mol. The molecule has 1 aromatic carbocycles. The summed E-state index contributed by atoms with van der Waals surface area (Å²) in [5.74, 6) is -0.402. The smallest absolute Gasteiger partial charge is 0.468 e. The third kappa shape index (κ3) is 2.92. The lowest BCUT2D eigenvalue weighted by atomic mass is 9.79. The van der Waals surface area contributed by atoms with Gasteiger partial charge in [-0.2, -0.15) is 0 Å². The topological polar surface area (TPSA) is 58.9 Å². The fraction of sp³-hybridized carbons (Fsp3) is 0.333. The minimum Gasteiger partial charge on any atom is -0.468 e. The van der Waals surface area contributed by atoms with E-state index in [0.29, 0.717) is 5.56 Å². The predicted octanol–water partition coefficient (Wildman–Crippen LogP) is -0.203. The fourth-order valence-electron chi connectivity index (χ4n) is 1.13. The highest BCUT2D eigenvalue weighted by molar-refractivity contribution is 6.59. The van der Waals surface area contributed by atoms with E-state index < -0.39 is 12.9 Å². The van der Waals surface area contributed by atoms with Crippen LogP contribution in [0.2, 0.25) is 0 Å². The van der Waals surface area contributed by atoms with Gasteiger partial charge in [0.1, 0.15) is 11.6 Å². The van der Waals surface area contributed by atoms with Crippen molar-refractivity contribution >= 4 is 12.6 Å². The summed E-state index contributed by atoms with van der Waals surface area (Å²) >= 11 is 0. The first kappa shape index (κ1) is 12.0. The Hall–Kier alpha value is -1.11. The van der Waals surface area contributed by atoms with E-state index in [9.17, 15) is 4.39 Å². The van der Waals surface area contributed by atoms with Crippen LogP contribution >= 0.6 is 0 Å². The Morgan fingerprint density at radius 1 is 1.40 bits per heavy atom. The van der Waals surface area contributed by atoms with Crippen LogP contribution in [0.15, 0.2) is 12.1 Å². The van der Waals surface area contributed by atoms with Gasteiger partial charge in [0.2, 0.25) is 0 Å². The molecule has 0 saturated heterocycles. The van der Waals surface area contributed by atoms with Crippen LogP contribution in [0.1, 0.15) is 5.56 Å². The van der Waals surface area contributed by atoms with Gasteiger partial charge in [0.05, 0.1) is 0 Å². The molecule has 0 unspecified atom stereocenters. The van der Waals surface area contributed by atoms with Gasteiger partial charge in [-0.1, -0.05) is 6.07 Å². The van der Waals surface area contributed by atoms with Gasteiger partial charge in [-0.15, -0.1) is 0 Å². The summed E-state index contributed by atoms with van der Waals surface area (Å²) in [6, 6.07) is 2.42. The molecule has 1 aromatic rings. The van der Waals surface area contributed by atoms with E-state index in [-0.39, 0.29) is 18.0 Å². The standard InChI is InChI=1S/C9H12BFO4/c1-6-3-7(10(12)13)9(4-8(6)11)15-5-14-2/h3-4,12-13H,5H2,1-2H3. The van der Waals surface area contributed by atoms with Crippen LogP contribution in [0.3, 0.4) is 0 Å². The van der Waals surface area contributed by atoms with Crippen LogP contribution in [0.25, 0.3) is 0 Å². The normalized spacial score (nSPS) is 10.2. The van der Waals surface area contributed by atoms with Crippen LogP contribution in [0, 0.1) is 12.7 Å². The Bertz CT molecular complexity index is 343. The molecule has 0 spiro atoms. The number of ether oxygens (including phenoxy) is 2. The molecule has 0 aromatic heterocycles. The quantitative estimate of drug-likeness (QED) is 0.538. The van der Waals surface area contributed by atoms with Gasteiger partial charge < -0.3 is 19.5 Å². The molecule has 0 amide bonds. The SMILES string of the molecule is COCOc1cc(F)c(C)cc1B(O)O. The van der Waals surface area contributed by atoms with Gasteiger partial charge in [-0.3, -0.25) is 0 Å². The van der Waals surface area contributed by atoms with Crippen molar-refractivity contribution in [2.24, 2.45) is 0 Å². The number of rotatable bonds is 4. The number of hydrogen-bond acceptors (Lipinski definition) is 4. The molecule has 0 bridgehead atoms. The zero-order valence-electron chi connectivity index (χ0n) is 8.53. The summed E-state index contributed by atoms with van der Waals surface area (Å²) in [6.45, 7) is 1.45. The zero-order valence-corrected chi connectivity index (χ0v) is 8.53. The second kappa shape index (κ2) is 5.11. The molecule has 82 valence electrons. The molecule has 0 fully saturated rings. The van der Waals surface area contributed by atoms with Crippen LogP contribution in [0.4, 0.5) is 4.39 Å². The van der Waals surface area contributed by atoms with E-state index >= 15 is 0 Å². The third-order valence-corrected chi connectivity index (χ3v) is 1.90. The van der Waals surface area contributed by atoms with Gasteiger partial charge >= 0.3 is 7.12 Å². The summed E-state index contributed by atoms with van der Waals surface area (Å²) in [4.78, 5) is 0. The van der Waals surface area contributed by atoms with Crippen molar-refractivity contribution in [3.8, 4) is 5.75 Å². The lowest BCUT2D eigenvalue weighted by Crippen LogP contribution is -2.32. The van der Waals surface area contributed by atoms with Crippen LogP contribution in [0.5, 0.6) is 5.75 Å². The number of hydrogen-bond donors (Lipinski definition) is 2. The highest BCUT2D eigenvalue weighted by Crippen LogP contribution is 2.14. The molecule has 4 nitrogen and oxygen atoms in total. The van der Waals surface area contributed by atoms with E-state index in [1.807, 2.05) is 0 Å². The van der Waals surface area contributed by atoms with Gasteiger partial charge in [0.25, 0.3) is 0 Å². The highest BCUT2D eigenvalue weighted by atomic mass is 19.1. The van der Waals surface area contributed by atoms with Gasteiger partial charge in [-0.25, -0.2) is 4.39 Å². The van der Waals surface area contributed by atoms with E-state index in [4.69, 9.17) is 14.8 Å². The van der Waals surface area contributed by atoms with E-state index in [0.717, 1.165) is 6.07 Å². The van der Waals surface area contributed by atoms with Gasteiger partial charge in [0, 0.05) is 18.6 Å². The molecule has 1 rings (SSSR count). The molecule has 15 heavy (non-hydrogen) atoms. The molecule has 0 aliphatic rings. The Balaban J connectivity index is 3.04. The molecule has 2 N–H and O–H groups in total. The molecule has 0 aliphatic heterocycles. The first-order valence-corrected chi connectivity index (χ1v) is 4.34. The predicted molar refractivity (Wildman–Crippen MR) is 53.5 cm³/mol. The number of benzene rings is 1. The molecular weight excluding hydrogens is 202 g/mol. The minimum absolute atomic E-state index is 0.0648. The summed E-state index contributed by atoms with van der Waals surface area (Å²) < 4.78 is 22.8. The third-order valence-electron chi connectivity index (χ3n) is 1.90. The van der Waals surface area contributed by atoms with Crippen molar-refractivity contribution in [1.29, 1.82) is 0 Å². The van der Waals surface area contributed by atoms with E-state index in [1.54, 1.807) is 0 Å². The Morgan fingerprint density at radius 2 is 2.07 bits per heavy atom. The second-order valence-electron chi connectivity index (χ2n) is 3.06. The molecule has 0 saturated carbocycles. The zero-order chi connectivity index (χ0) is 11.4. The maximum absolute atomic E-state index is 13.2. The molecule has 6 heteroatoms. The van der Waals surface area contributed by atoms with Crippen molar-refractivity contribution in [2.75, 3.05) is 13.9 Å². The Labute approximate surface area is 87.4 Å². The van der Waals surface area contributed by atoms with Crippen LogP contribution in [-0.2, 0) is 4.74 Å². The average Bonchev–Trinajstić information content (AvgIpc) is 2.19. The molecule has 0 heterocycles. The molecule has 0 radical (unpaired) electrons. The minimum atomic E-state index is -1.70. The lowest BCUT2D eigenvalue weighted by molar-refractivity contribution is 0.0515. The lowest BCUT2D eigenvalue weighted by Gasteiger charge is -2.11. The average molecular weight is 214 g/mol. The largest absolute Gasteiger partial charge is 0.492 e. The number of methoxy groups -OCH3 is 1. The van der Waals surface area contributed by atoms with Gasteiger partial charge in [0.15, 0.2) is 6.79 Å². The fourth-order valence-corrected chi connectivity index (χ4v) is 1.13. The summed E-state index contributed by atoms with van der Waals surface area (Å²) in [7, 11) is -0.282. The van der Waals surface area contributed by atoms with E-state index in [1.165, 1.54) is 20.1 Å². The Morgan fingerprint density at radius 3 is 2.60 bits per heavy atom. The first-order valence-electron chi connectivity index (χ1n) is 4.34. The van der Waals surface area contributed by atoms with Gasteiger partial charge in [-0.05, 0) is 12.5 Å². The van der Waals surface area contributed by atoms with Crippen LogP contribution < -0.4 is 10.2 Å². The highest BCUT2D eigenvalue weighted by Gasteiger charge is 2.19. The van der Waals surface area contributed by atoms with Crippen molar-refractivity contribution in [2.45, 2.75) is 6.92 Å². The van der Waals surface area contributed by atoms with Crippen molar-refractivity contribution in [3.63, 3.8) is 0 Å². The number of halogens is 1. The first-order chi connectivity index (χ1) is 7.06. The maximum atomic E-state index is 13.2. The molecule has 0 aliphatic carbocycles. The van der Waals surface area contributed by atoms with Crippen molar-refractivity contribution in [3.05, 3.63) is 23.5 Å². The number of aryl methyl sites for hydroxylation is 1. The van der Waals surface area contributed by atoms with Crippen molar-refractivity contribution < 1.29 is 23.9 Å². The molecular formula is C9H12BFO4. The Kier molecular flexibility index (Phi) is 4.08. The second-order valence-corrected chi connectivity index (χ2v) is 3.06. The molecule has 0 atom stereocenters. The van der Waals surface area contributed by atoms with Crippen molar-refractivity contribution in [1.82, 2.24) is 0 Å². The van der Waals surface area contributed by atoms with E-state index in [2.05, 4.69) is 4.74 Å². The summed E-state index contributed by atoms with van der Waals surface area (Å²) in [5.41, 5.74) is 0.439. The van der Waals surface area contributed by atoms with Crippen LogP contribution in [-0.4, -0.2) is 31.1 Å². The maximum Gasteiger partial charge on any atom is 0.492 e. The summed E-state index contributed by atoms with van der Waals surface area (Å²) in [5, 5.41) is 18.1.